The van der Waals surface area contributed by atoms with Crippen molar-refractivity contribution in [2.75, 3.05) is 12.4 Å². The SMILES string of the molecule is COc1ccc(C(=O)NS(=O)(=O)c2ccc(NC(=O)NC(=O)c3ccccc3C)cc2)cc1. The van der Waals surface area contributed by atoms with E-state index in [1.807, 2.05) is 4.72 Å². The summed E-state index contributed by atoms with van der Waals surface area (Å²) in [6.07, 6.45) is 0. The molecule has 3 N–H and O–H groups in total. The number of imide groups is 1. The highest BCUT2D eigenvalue weighted by Crippen LogP contribution is 2.16. The molecule has 0 fully saturated rings. The Kier molecular flexibility index (Phi) is 7.09. The fourth-order valence-electron chi connectivity index (χ4n) is 2.86. The van der Waals surface area contributed by atoms with Crippen molar-refractivity contribution in [3.05, 3.63) is 89.5 Å². The minimum absolute atomic E-state index is 0.146. The van der Waals surface area contributed by atoms with Crippen LogP contribution in [0.5, 0.6) is 5.75 Å². The van der Waals surface area contributed by atoms with E-state index in [0.29, 0.717) is 16.9 Å². The summed E-state index contributed by atoms with van der Waals surface area (Å²) < 4.78 is 32.0. The van der Waals surface area contributed by atoms with Gasteiger partial charge in [-0.15, -0.1) is 0 Å². The van der Waals surface area contributed by atoms with Crippen LogP contribution < -0.4 is 20.1 Å². The summed E-state index contributed by atoms with van der Waals surface area (Å²) in [5.41, 5.74) is 1.48. The highest BCUT2D eigenvalue weighted by Gasteiger charge is 2.19. The number of anilines is 1. The van der Waals surface area contributed by atoms with Gasteiger partial charge in [-0.1, -0.05) is 18.2 Å². The van der Waals surface area contributed by atoms with Gasteiger partial charge >= 0.3 is 6.03 Å². The Morgan fingerprint density at radius 3 is 2.06 bits per heavy atom. The predicted molar refractivity (Wildman–Crippen MR) is 122 cm³/mol. The van der Waals surface area contributed by atoms with Gasteiger partial charge in [-0.3, -0.25) is 14.9 Å². The third-order valence-electron chi connectivity index (χ3n) is 4.62. The molecule has 3 aromatic carbocycles. The highest BCUT2D eigenvalue weighted by atomic mass is 32.2. The van der Waals surface area contributed by atoms with E-state index in [-0.39, 0.29) is 16.1 Å². The van der Waals surface area contributed by atoms with E-state index in [1.54, 1.807) is 31.2 Å². The van der Waals surface area contributed by atoms with Crippen LogP contribution in [0.15, 0.2) is 77.7 Å². The molecule has 0 saturated carbocycles. The molecule has 0 spiro atoms. The van der Waals surface area contributed by atoms with Gasteiger partial charge in [0.2, 0.25) is 0 Å². The number of hydrogen-bond acceptors (Lipinski definition) is 6. The molecule has 3 aromatic rings. The van der Waals surface area contributed by atoms with Crippen LogP contribution in [-0.4, -0.2) is 33.4 Å². The van der Waals surface area contributed by atoms with Crippen molar-refractivity contribution in [3.63, 3.8) is 0 Å². The number of urea groups is 1. The molecule has 3 rings (SSSR count). The molecule has 0 aromatic heterocycles. The van der Waals surface area contributed by atoms with Crippen LogP contribution in [0.4, 0.5) is 10.5 Å². The van der Waals surface area contributed by atoms with Gasteiger partial charge in [0.05, 0.1) is 12.0 Å². The number of methoxy groups -OCH3 is 1. The number of hydrogen-bond donors (Lipinski definition) is 3. The first-order chi connectivity index (χ1) is 15.7. The number of carbonyl (C=O) groups excluding carboxylic acids is 3. The Morgan fingerprint density at radius 2 is 1.45 bits per heavy atom. The maximum Gasteiger partial charge on any atom is 0.326 e. The van der Waals surface area contributed by atoms with Gasteiger partial charge in [0, 0.05) is 16.8 Å². The molecule has 0 radical (unpaired) electrons. The third-order valence-corrected chi connectivity index (χ3v) is 5.97. The first-order valence-electron chi connectivity index (χ1n) is 9.69. The number of aryl methyl sites for hydroxylation is 1. The summed E-state index contributed by atoms with van der Waals surface area (Å²) in [6, 6.07) is 17.1. The lowest BCUT2D eigenvalue weighted by molar-refractivity contribution is 0.0962. The molecular formula is C23H21N3O6S. The van der Waals surface area contributed by atoms with Crippen molar-refractivity contribution < 1.29 is 27.5 Å². The number of rotatable bonds is 6. The van der Waals surface area contributed by atoms with Gasteiger partial charge < -0.3 is 10.1 Å². The standard InChI is InChI=1S/C23H21N3O6S/c1-15-5-3-4-6-20(15)22(28)25-23(29)24-17-9-13-19(14-10-17)33(30,31)26-21(27)16-7-11-18(32-2)12-8-16/h3-14H,1-2H3,(H,26,27)(H2,24,25,28,29). The molecule has 0 saturated heterocycles. The summed E-state index contributed by atoms with van der Waals surface area (Å²) in [5.74, 6) is -0.831. The van der Waals surface area contributed by atoms with E-state index < -0.39 is 27.9 Å². The van der Waals surface area contributed by atoms with Crippen LogP contribution in [0, 0.1) is 6.92 Å². The van der Waals surface area contributed by atoms with E-state index in [0.717, 1.165) is 0 Å². The monoisotopic (exact) mass is 467 g/mol. The second kappa shape index (κ2) is 9.96. The normalized spacial score (nSPS) is 10.7. The Bertz CT molecular complexity index is 1290. The van der Waals surface area contributed by atoms with E-state index in [4.69, 9.17) is 4.74 Å². The number of amides is 4. The second-order valence-corrected chi connectivity index (χ2v) is 8.59. The van der Waals surface area contributed by atoms with Crippen molar-refractivity contribution in [1.82, 2.24) is 10.0 Å². The minimum atomic E-state index is -4.14. The molecule has 10 heteroatoms. The molecule has 0 aliphatic rings. The smallest absolute Gasteiger partial charge is 0.326 e. The first-order valence-corrected chi connectivity index (χ1v) is 11.2. The summed E-state index contributed by atoms with van der Waals surface area (Å²) in [5, 5.41) is 4.66. The lowest BCUT2D eigenvalue weighted by Gasteiger charge is -2.10. The van der Waals surface area contributed by atoms with E-state index in [9.17, 15) is 22.8 Å². The second-order valence-electron chi connectivity index (χ2n) is 6.91. The lowest BCUT2D eigenvalue weighted by atomic mass is 10.1. The van der Waals surface area contributed by atoms with Crippen molar-refractivity contribution in [3.8, 4) is 5.75 Å². The number of carbonyl (C=O) groups is 3. The van der Waals surface area contributed by atoms with Crippen LogP contribution in [0.25, 0.3) is 0 Å². The van der Waals surface area contributed by atoms with E-state index in [2.05, 4.69) is 10.6 Å². The number of benzene rings is 3. The van der Waals surface area contributed by atoms with Gasteiger partial charge in [0.1, 0.15) is 5.75 Å². The largest absolute Gasteiger partial charge is 0.497 e. The number of sulfonamides is 1. The first kappa shape index (κ1) is 23.5. The minimum Gasteiger partial charge on any atom is -0.497 e. The van der Waals surface area contributed by atoms with Crippen LogP contribution in [0.3, 0.4) is 0 Å². The summed E-state index contributed by atoms with van der Waals surface area (Å²) >= 11 is 0. The highest BCUT2D eigenvalue weighted by molar-refractivity contribution is 7.90. The van der Waals surface area contributed by atoms with Crippen LogP contribution in [0.1, 0.15) is 26.3 Å². The molecule has 0 heterocycles. The fourth-order valence-corrected chi connectivity index (χ4v) is 3.83. The molecular weight excluding hydrogens is 446 g/mol. The van der Waals surface area contributed by atoms with Crippen molar-refractivity contribution in [1.29, 1.82) is 0 Å². The zero-order valence-electron chi connectivity index (χ0n) is 17.8. The Hall–Kier alpha value is -4.18. The van der Waals surface area contributed by atoms with E-state index in [1.165, 1.54) is 55.6 Å². The molecule has 0 aliphatic carbocycles. The average molecular weight is 468 g/mol. The van der Waals surface area contributed by atoms with Gasteiger partial charge in [-0.25, -0.2) is 17.9 Å². The third kappa shape index (κ3) is 5.95. The molecule has 9 nitrogen and oxygen atoms in total. The average Bonchev–Trinajstić information content (AvgIpc) is 2.79. The van der Waals surface area contributed by atoms with Crippen LogP contribution in [0.2, 0.25) is 0 Å². The number of ether oxygens (including phenoxy) is 1. The van der Waals surface area contributed by atoms with E-state index >= 15 is 0 Å². The van der Waals surface area contributed by atoms with Crippen molar-refractivity contribution >= 4 is 33.6 Å². The van der Waals surface area contributed by atoms with Gasteiger partial charge in [-0.2, -0.15) is 0 Å². The Balaban J connectivity index is 1.62. The molecule has 0 atom stereocenters. The van der Waals surface area contributed by atoms with Crippen LogP contribution >= 0.6 is 0 Å². The predicted octanol–water partition coefficient (Wildman–Crippen LogP) is 3.08. The maximum atomic E-state index is 12.5. The zero-order chi connectivity index (χ0) is 24.0. The Morgan fingerprint density at radius 1 is 0.818 bits per heavy atom. The fraction of sp³-hybridized carbons (Fsp3) is 0.0870. The molecule has 33 heavy (non-hydrogen) atoms. The van der Waals surface area contributed by atoms with Gasteiger partial charge in [-0.05, 0) is 67.1 Å². The molecule has 0 bridgehead atoms. The van der Waals surface area contributed by atoms with Crippen molar-refractivity contribution in [2.24, 2.45) is 0 Å². The lowest BCUT2D eigenvalue weighted by Crippen LogP contribution is -2.34. The quantitative estimate of drug-likeness (QED) is 0.511. The van der Waals surface area contributed by atoms with Gasteiger partial charge in [0.25, 0.3) is 21.8 Å². The topological polar surface area (TPSA) is 131 Å². The summed E-state index contributed by atoms with van der Waals surface area (Å²) in [6.45, 7) is 1.75. The Labute approximate surface area is 190 Å². The summed E-state index contributed by atoms with van der Waals surface area (Å²) in [7, 11) is -2.67. The maximum absolute atomic E-state index is 12.5. The molecule has 0 unspecified atom stereocenters. The van der Waals surface area contributed by atoms with Crippen molar-refractivity contribution in [2.45, 2.75) is 11.8 Å². The number of nitrogens with one attached hydrogen (secondary N) is 3. The van der Waals surface area contributed by atoms with Crippen LogP contribution in [-0.2, 0) is 10.0 Å². The summed E-state index contributed by atoms with van der Waals surface area (Å²) in [4.78, 5) is 36.4. The molecule has 0 aliphatic heterocycles. The van der Waals surface area contributed by atoms with Gasteiger partial charge in [0.15, 0.2) is 0 Å². The molecule has 170 valence electrons. The zero-order valence-corrected chi connectivity index (χ0v) is 18.6. The molecule has 4 amide bonds.